The average Bonchev–Trinajstić information content (AvgIpc) is 3.00. The summed E-state index contributed by atoms with van der Waals surface area (Å²) in [6.07, 6.45) is 9.61. The van der Waals surface area contributed by atoms with E-state index in [0.29, 0.717) is 12.2 Å². The second-order valence-corrected chi connectivity index (χ2v) is 5.77. The van der Waals surface area contributed by atoms with Gasteiger partial charge in [-0.15, -0.1) is 0 Å². The highest BCUT2D eigenvalue weighted by Gasteiger charge is 2.42. The van der Waals surface area contributed by atoms with Crippen LogP contribution in [0.15, 0.2) is 12.4 Å². The summed E-state index contributed by atoms with van der Waals surface area (Å²) in [7, 11) is 4.06. The van der Waals surface area contributed by atoms with Crippen LogP contribution >= 0.6 is 0 Å². The molecule has 1 aliphatic carbocycles. The topological polar surface area (TPSA) is 38.1 Å². The largest absolute Gasteiger partial charge is 0.335 e. The maximum Gasteiger partial charge on any atom is 0.160 e. The summed E-state index contributed by atoms with van der Waals surface area (Å²) in [5, 5.41) is 0. The van der Waals surface area contributed by atoms with Crippen molar-refractivity contribution in [3.63, 3.8) is 0 Å². The molecule has 19 heavy (non-hydrogen) atoms. The Hall–Kier alpha value is -1.16. The summed E-state index contributed by atoms with van der Waals surface area (Å²) in [6, 6.07) is 0. The van der Waals surface area contributed by atoms with Gasteiger partial charge in [-0.25, -0.2) is 4.98 Å². The van der Waals surface area contributed by atoms with Crippen LogP contribution in [-0.2, 0) is 17.8 Å². The second-order valence-electron chi connectivity index (χ2n) is 5.77. The molecule has 1 aromatic rings. The first-order valence-corrected chi connectivity index (χ1v) is 7.31. The zero-order valence-electron chi connectivity index (χ0n) is 12.4. The molecule has 1 heterocycles. The quantitative estimate of drug-likeness (QED) is 0.790. The number of hydrogen-bond acceptors (Lipinski definition) is 3. The Kier molecular flexibility index (Phi) is 4.40. The predicted octanol–water partition coefficient (Wildman–Crippen LogP) is 2.28. The molecule has 0 bridgehead atoms. The van der Waals surface area contributed by atoms with Crippen LogP contribution in [-0.4, -0.2) is 39.9 Å². The van der Waals surface area contributed by atoms with E-state index in [1.54, 1.807) is 6.20 Å². The molecule has 0 radical (unpaired) electrons. The lowest BCUT2D eigenvalue weighted by Gasteiger charge is -2.34. The van der Waals surface area contributed by atoms with Crippen molar-refractivity contribution >= 4 is 5.78 Å². The van der Waals surface area contributed by atoms with Crippen LogP contribution in [0.3, 0.4) is 0 Å². The van der Waals surface area contributed by atoms with Crippen LogP contribution in [0.25, 0.3) is 0 Å². The second kappa shape index (κ2) is 5.87. The SMILES string of the molecule is CCCn1ccnc1CC(=O)C1(N(C)C)CCCC1. The van der Waals surface area contributed by atoms with E-state index in [2.05, 4.69) is 21.4 Å². The molecule has 2 rings (SSSR count). The first-order valence-electron chi connectivity index (χ1n) is 7.31. The van der Waals surface area contributed by atoms with Crippen molar-refractivity contribution in [3.05, 3.63) is 18.2 Å². The Morgan fingerprint density at radius 3 is 2.68 bits per heavy atom. The highest BCUT2D eigenvalue weighted by atomic mass is 16.1. The number of likely N-dealkylation sites (N-methyl/N-ethyl adjacent to an activating group) is 1. The Morgan fingerprint density at radius 1 is 1.42 bits per heavy atom. The number of hydrogen-bond donors (Lipinski definition) is 0. The molecule has 0 atom stereocenters. The Labute approximate surface area is 115 Å². The summed E-state index contributed by atoms with van der Waals surface area (Å²) in [4.78, 5) is 19.2. The molecule has 0 aliphatic heterocycles. The lowest BCUT2D eigenvalue weighted by atomic mass is 9.88. The molecule has 0 amide bonds. The Bertz CT molecular complexity index is 430. The number of ketones is 1. The Morgan fingerprint density at radius 2 is 2.11 bits per heavy atom. The summed E-state index contributed by atoms with van der Waals surface area (Å²) in [6.45, 7) is 3.08. The van der Waals surface area contributed by atoms with Crippen molar-refractivity contribution in [2.75, 3.05) is 14.1 Å². The number of carbonyl (C=O) groups is 1. The van der Waals surface area contributed by atoms with Gasteiger partial charge in [0.2, 0.25) is 0 Å². The molecule has 1 aliphatic rings. The van der Waals surface area contributed by atoms with E-state index in [-0.39, 0.29) is 5.54 Å². The number of carbonyl (C=O) groups excluding carboxylic acids is 1. The van der Waals surface area contributed by atoms with Crippen LogP contribution in [0.1, 0.15) is 44.9 Å². The van der Waals surface area contributed by atoms with E-state index in [1.165, 1.54) is 0 Å². The monoisotopic (exact) mass is 263 g/mol. The van der Waals surface area contributed by atoms with E-state index in [1.807, 2.05) is 20.3 Å². The highest BCUT2D eigenvalue weighted by molar-refractivity contribution is 5.90. The van der Waals surface area contributed by atoms with Gasteiger partial charge in [-0.2, -0.15) is 0 Å². The van der Waals surface area contributed by atoms with Crippen molar-refractivity contribution in [2.24, 2.45) is 0 Å². The van der Waals surface area contributed by atoms with E-state index >= 15 is 0 Å². The van der Waals surface area contributed by atoms with Gasteiger partial charge in [0, 0.05) is 18.9 Å². The summed E-state index contributed by atoms with van der Waals surface area (Å²) >= 11 is 0. The Balaban J connectivity index is 2.13. The first-order chi connectivity index (χ1) is 9.10. The van der Waals surface area contributed by atoms with Gasteiger partial charge in [0.25, 0.3) is 0 Å². The van der Waals surface area contributed by atoms with Crippen molar-refractivity contribution < 1.29 is 4.79 Å². The fraction of sp³-hybridized carbons (Fsp3) is 0.733. The average molecular weight is 263 g/mol. The van der Waals surface area contributed by atoms with Gasteiger partial charge in [0.1, 0.15) is 5.82 Å². The van der Waals surface area contributed by atoms with Gasteiger partial charge < -0.3 is 4.57 Å². The van der Waals surface area contributed by atoms with Gasteiger partial charge in [-0.05, 0) is 33.4 Å². The van der Waals surface area contributed by atoms with Crippen molar-refractivity contribution in [1.29, 1.82) is 0 Å². The van der Waals surface area contributed by atoms with Crippen LogP contribution in [0.2, 0.25) is 0 Å². The minimum atomic E-state index is -0.247. The van der Waals surface area contributed by atoms with Crippen molar-refractivity contribution in [2.45, 2.75) is 57.5 Å². The zero-order chi connectivity index (χ0) is 13.9. The number of aryl methyl sites for hydroxylation is 1. The standard InChI is InChI=1S/C15H25N3O/c1-4-10-18-11-9-16-14(18)12-13(19)15(17(2)3)7-5-6-8-15/h9,11H,4-8,10,12H2,1-3H3. The number of rotatable bonds is 6. The molecule has 0 N–H and O–H groups in total. The van der Waals surface area contributed by atoms with Crippen molar-refractivity contribution in [3.8, 4) is 0 Å². The van der Waals surface area contributed by atoms with E-state index in [9.17, 15) is 4.79 Å². The predicted molar refractivity (Wildman–Crippen MR) is 76.1 cm³/mol. The molecule has 1 aromatic heterocycles. The van der Waals surface area contributed by atoms with E-state index < -0.39 is 0 Å². The number of Topliss-reactive ketones (excluding diaryl/α,β-unsaturated/α-hetero) is 1. The molecule has 4 nitrogen and oxygen atoms in total. The van der Waals surface area contributed by atoms with Crippen molar-refractivity contribution in [1.82, 2.24) is 14.5 Å². The van der Waals surface area contributed by atoms with Gasteiger partial charge in [-0.1, -0.05) is 19.8 Å². The molecule has 1 fully saturated rings. The third-order valence-electron chi connectivity index (χ3n) is 4.39. The highest BCUT2D eigenvalue weighted by Crippen LogP contribution is 2.35. The van der Waals surface area contributed by atoms with Gasteiger partial charge in [0.05, 0.1) is 12.0 Å². The van der Waals surface area contributed by atoms with Gasteiger partial charge >= 0.3 is 0 Å². The fourth-order valence-electron chi connectivity index (χ4n) is 3.20. The van der Waals surface area contributed by atoms with Crippen LogP contribution in [0, 0.1) is 0 Å². The summed E-state index contributed by atoms with van der Waals surface area (Å²) in [5.41, 5.74) is -0.247. The van der Waals surface area contributed by atoms with E-state index in [4.69, 9.17) is 0 Å². The van der Waals surface area contributed by atoms with Crippen LogP contribution in [0.5, 0.6) is 0 Å². The third kappa shape index (κ3) is 2.73. The molecule has 0 aromatic carbocycles. The lowest BCUT2D eigenvalue weighted by Crippen LogP contribution is -2.49. The molecule has 0 unspecified atom stereocenters. The zero-order valence-corrected chi connectivity index (χ0v) is 12.4. The normalized spacial score (nSPS) is 18.1. The number of imidazole rings is 1. The maximum absolute atomic E-state index is 12.7. The molecular formula is C15H25N3O. The molecule has 1 saturated carbocycles. The number of nitrogens with zero attached hydrogens (tertiary/aromatic N) is 3. The van der Waals surface area contributed by atoms with Crippen LogP contribution in [0.4, 0.5) is 0 Å². The molecule has 106 valence electrons. The molecular weight excluding hydrogens is 238 g/mol. The number of aromatic nitrogens is 2. The van der Waals surface area contributed by atoms with Crippen LogP contribution < -0.4 is 0 Å². The van der Waals surface area contributed by atoms with E-state index in [0.717, 1.165) is 44.5 Å². The molecule has 0 saturated heterocycles. The maximum atomic E-state index is 12.7. The smallest absolute Gasteiger partial charge is 0.160 e. The molecule has 4 heteroatoms. The fourth-order valence-corrected chi connectivity index (χ4v) is 3.20. The summed E-state index contributed by atoms with van der Waals surface area (Å²) in [5.74, 6) is 1.25. The first kappa shape index (κ1) is 14.3. The summed E-state index contributed by atoms with van der Waals surface area (Å²) < 4.78 is 2.11. The molecule has 0 spiro atoms. The lowest BCUT2D eigenvalue weighted by molar-refractivity contribution is -0.129. The third-order valence-corrected chi connectivity index (χ3v) is 4.39. The minimum Gasteiger partial charge on any atom is -0.335 e. The van der Waals surface area contributed by atoms with Gasteiger partial charge in [0.15, 0.2) is 5.78 Å². The van der Waals surface area contributed by atoms with Gasteiger partial charge in [-0.3, -0.25) is 9.69 Å². The minimum absolute atomic E-state index is 0.247.